The average Bonchev–Trinajstić information content (AvgIpc) is 2.62. The first-order chi connectivity index (χ1) is 9.18. The molecule has 0 radical (unpaired) electrons. The lowest BCUT2D eigenvalue weighted by Gasteiger charge is -2.27. The van der Waals surface area contributed by atoms with E-state index >= 15 is 0 Å². The Morgan fingerprint density at radius 3 is 2.63 bits per heavy atom. The van der Waals surface area contributed by atoms with Crippen molar-refractivity contribution in [2.75, 3.05) is 6.54 Å². The zero-order valence-corrected chi connectivity index (χ0v) is 12.9. The monoisotopic (exact) mass is 279 g/mol. The van der Waals surface area contributed by atoms with Gasteiger partial charge in [0.2, 0.25) is 0 Å². The molecule has 19 heavy (non-hydrogen) atoms. The number of nitrogens with one attached hydrogen (secondary N) is 1. The number of benzene rings is 1. The molecule has 1 fully saturated rings. The van der Waals surface area contributed by atoms with Crippen molar-refractivity contribution >= 4 is 11.6 Å². The fourth-order valence-corrected chi connectivity index (χ4v) is 3.48. The van der Waals surface area contributed by atoms with Crippen molar-refractivity contribution in [2.45, 2.75) is 57.9 Å². The zero-order chi connectivity index (χ0) is 13.7. The van der Waals surface area contributed by atoms with Crippen molar-refractivity contribution in [1.82, 2.24) is 5.32 Å². The molecule has 2 heteroatoms. The molecule has 0 aromatic heterocycles. The molecule has 0 bridgehead atoms. The molecule has 0 saturated heterocycles. The molecular weight excluding hydrogens is 254 g/mol. The van der Waals surface area contributed by atoms with E-state index in [9.17, 15) is 0 Å². The fraction of sp³-hybridized carbons (Fsp3) is 0.647. The summed E-state index contributed by atoms with van der Waals surface area (Å²) in [5.74, 6) is 1.35. The number of rotatable bonds is 4. The molecule has 1 nitrogen and oxygen atoms in total. The lowest BCUT2D eigenvalue weighted by atomic mass is 9.82. The molecule has 0 amide bonds. The average molecular weight is 280 g/mol. The molecule has 2 atom stereocenters. The second-order valence-electron chi connectivity index (χ2n) is 6.09. The minimum absolute atomic E-state index is 0.565. The lowest BCUT2D eigenvalue weighted by molar-refractivity contribution is 0.363. The maximum atomic E-state index is 6.42. The second kappa shape index (κ2) is 7.31. The van der Waals surface area contributed by atoms with E-state index in [1.165, 1.54) is 37.7 Å². The van der Waals surface area contributed by atoms with Crippen molar-refractivity contribution in [3.63, 3.8) is 0 Å². The Bertz CT molecular complexity index is 389. The highest BCUT2D eigenvalue weighted by atomic mass is 35.5. The molecule has 2 rings (SSSR count). The lowest BCUT2D eigenvalue weighted by Crippen LogP contribution is -2.31. The first kappa shape index (κ1) is 14.9. The summed E-state index contributed by atoms with van der Waals surface area (Å²) in [4.78, 5) is 0. The summed E-state index contributed by atoms with van der Waals surface area (Å²) in [5.41, 5.74) is 1.36. The molecule has 1 aromatic rings. The van der Waals surface area contributed by atoms with Crippen LogP contribution in [0.2, 0.25) is 5.02 Å². The van der Waals surface area contributed by atoms with Crippen molar-refractivity contribution in [1.29, 1.82) is 0 Å². The molecule has 1 N–H and O–H groups in total. The fourth-order valence-electron chi connectivity index (χ4n) is 3.20. The van der Waals surface area contributed by atoms with Gasteiger partial charge in [0.1, 0.15) is 0 Å². The largest absolute Gasteiger partial charge is 0.314 e. The van der Waals surface area contributed by atoms with Gasteiger partial charge in [-0.15, -0.1) is 0 Å². The zero-order valence-electron chi connectivity index (χ0n) is 12.2. The van der Waals surface area contributed by atoms with Crippen LogP contribution in [0.1, 0.15) is 57.4 Å². The van der Waals surface area contributed by atoms with Crippen molar-refractivity contribution < 1.29 is 0 Å². The van der Waals surface area contributed by atoms with Crippen molar-refractivity contribution in [3.8, 4) is 0 Å². The van der Waals surface area contributed by atoms with Gasteiger partial charge in [0.25, 0.3) is 0 Å². The summed E-state index contributed by atoms with van der Waals surface area (Å²) in [5, 5.41) is 4.57. The van der Waals surface area contributed by atoms with Crippen LogP contribution in [-0.4, -0.2) is 12.6 Å². The van der Waals surface area contributed by atoms with Gasteiger partial charge < -0.3 is 5.32 Å². The van der Waals surface area contributed by atoms with Gasteiger partial charge in [0, 0.05) is 11.1 Å². The van der Waals surface area contributed by atoms with Crippen LogP contribution in [0.25, 0.3) is 0 Å². The van der Waals surface area contributed by atoms with Crippen LogP contribution in [0.15, 0.2) is 24.3 Å². The molecule has 106 valence electrons. The van der Waals surface area contributed by atoms with Gasteiger partial charge in [0.05, 0.1) is 0 Å². The maximum Gasteiger partial charge on any atom is 0.0440 e. The maximum absolute atomic E-state index is 6.42. The van der Waals surface area contributed by atoms with Gasteiger partial charge in [-0.2, -0.15) is 0 Å². The Hall–Kier alpha value is -0.530. The highest BCUT2D eigenvalue weighted by Gasteiger charge is 2.26. The summed E-state index contributed by atoms with van der Waals surface area (Å²) >= 11 is 6.42. The Labute approximate surface area is 122 Å². The van der Waals surface area contributed by atoms with E-state index in [1.807, 2.05) is 12.1 Å². The van der Waals surface area contributed by atoms with Gasteiger partial charge >= 0.3 is 0 Å². The Morgan fingerprint density at radius 2 is 1.89 bits per heavy atom. The van der Waals surface area contributed by atoms with Crippen LogP contribution in [0, 0.1) is 5.92 Å². The first-order valence-corrected chi connectivity index (χ1v) is 8.04. The third-order valence-corrected chi connectivity index (χ3v) is 4.60. The second-order valence-corrected chi connectivity index (χ2v) is 6.50. The smallest absolute Gasteiger partial charge is 0.0440 e. The molecule has 1 aliphatic carbocycles. The van der Waals surface area contributed by atoms with E-state index in [2.05, 4.69) is 31.3 Å². The summed E-state index contributed by atoms with van der Waals surface area (Å²) in [6, 6.07) is 8.98. The van der Waals surface area contributed by atoms with Crippen molar-refractivity contribution in [2.24, 2.45) is 5.92 Å². The van der Waals surface area contributed by atoms with Gasteiger partial charge in [-0.3, -0.25) is 0 Å². The number of hydrogen-bond donors (Lipinski definition) is 1. The summed E-state index contributed by atoms with van der Waals surface area (Å²) in [7, 11) is 0. The molecule has 0 spiro atoms. The van der Waals surface area contributed by atoms with Crippen LogP contribution in [0.5, 0.6) is 0 Å². The molecule has 1 saturated carbocycles. The van der Waals surface area contributed by atoms with E-state index < -0.39 is 0 Å². The van der Waals surface area contributed by atoms with Crippen LogP contribution in [-0.2, 0) is 0 Å². The van der Waals surface area contributed by atoms with Crippen LogP contribution >= 0.6 is 11.6 Å². The molecule has 0 heterocycles. The predicted molar refractivity (Wildman–Crippen MR) is 83.9 cm³/mol. The molecule has 1 aromatic carbocycles. The number of hydrogen-bond acceptors (Lipinski definition) is 1. The van der Waals surface area contributed by atoms with Gasteiger partial charge in [-0.05, 0) is 42.9 Å². The van der Waals surface area contributed by atoms with E-state index in [1.54, 1.807) is 0 Å². The molecule has 0 aliphatic heterocycles. The van der Waals surface area contributed by atoms with Crippen LogP contribution < -0.4 is 5.32 Å². The highest BCUT2D eigenvalue weighted by Crippen LogP contribution is 2.39. The Balaban J connectivity index is 2.15. The van der Waals surface area contributed by atoms with Crippen LogP contribution in [0.4, 0.5) is 0 Å². The van der Waals surface area contributed by atoms with Gasteiger partial charge in [-0.25, -0.2) is 0 Å². The first-order valence-electron chi connectivity index (χ1n) is 7.66. The number of halogens is 1. The minimum Gasteiger partial charge on any atom is -0.314 e. The summed E-state index contributed by atoms with van der Waals surface area (Å²) < 4.78 is 0. The molecule has 2 unspecified atom stereocenters. The van der Waals surface area contributed by atoms with E-state index in [0.717, 1.165) is 17.5 Å². The normalized spacial score (nSPS) is 24.4. The highest BCUT2D eigenvalue weighted by molar-refractivity contribution is 6.31. The summed E-state index contributed by atoms with van der Waals surface area (Å²) in [6.07, 6.45) is 6.70. The molecular formula is C17H26ClN. The quantitative estimate of drug-likeness (QED) is 0.765. The van der Waals surface area contributed by atoms with E-state index in [-0.39, 0.29) is 0 Å². The van der Waals surface area contributed by atoms with E-state index in [0.29, 0.717) is 12.0 Å². The Morgan fingerprint density at radius 1 is 1.16 bits per heavy atom. The Kier molecular flexibility index (Phi) is 5.72. The standard InChI is InChI=1S/C17H26ClN/c1-13(2)19-12-14-8-4-3-5-9-15(14)16-10-6-7-11-17(16)18/h6-7,10-11,13-15,19H,3-5,8-9,12H2,1-2H3. The molecule has 1 aliphatic rings. The topological polar surface area (TPSA) is 12.0 Å². The summed E-state index contributed by atoms with van der Waals surface area (Å²) in [6.45, 7) is 5.57. The SMILES string of the molecule is CC(C)NCC1CCCCCC1c1ccccc1Cl. The third-order valence-electron chi connectivity index (χ3n) is 4.25. The minimum atomic E-state index is 0.565. The van der Waals surface area contributed by atoms with E-state index in [4.69, 9.17) is 11.6 Å². The predicted octanol–water partition coefficient (Wildman–Crippen LogP) is 5.00. The third kappa shape index (κ3) is 4.22. The van der Waals surface area contributed by atoms with Gasteiger partial charge in [0.15, 0.2) is 0 Å². The van der Waals surface area contributed by atoms with Crippen LogP contribution in [0.3, 0.4) is 0 Å². The van der Waals surface area contributed by atoms with Crippen molar-refractivity contribution in [3.05, 3.63) is 34.9 Å². The van der Waals surface area contributed by atoms with Gasteiger partial charge in [-0.1, -0.05) is 62.9 Å².